The molecule has 0 aromatic heterocycles. The second-order valence-corrected chi connectivity index (χ2v) is 8.53. The van der Waals surface area contributed by atoms with Gasteiger partial charge < -0.3 is 0 Å². The van der Waals surface area contributed by atoms with Crippen LogP contribution in [0.5, 0.6) is 0 Å². The van der Waals surface area contributed by atoms with E-state index in [1.165, 1.54) is 72.5 Å². The third kappa shape index (κ3) is 8.95. The lowest BCUT2D eigenvalue weighted by Crippen LogP contribution is -2.14. The molecule has 0 aliphatic rings. The molecule has 0 aliphatic heterocycles. The molecule has 3 unspecified atom stereocenters. The molecule has 0 radical (unpaired) electrons. The van der Waals surface area contributed by atoms with Crippen molar-refractivity contribution in [2.45, 2.75) is 83.5 Å². The van der Waals surface area contributed by atoms with Crippen molar-refractivity contribution in [1.82, 2.24) is 0 Å². The Kier molecular flexibility index (Phi) is 11.6. The van der Waals surface area contributed by atoms with Crippen molar-refractivity contribution < 1.29 is 0 Å². The lowest BCUT2D eigenvalue weighted by atomic mass is 10.1. The topological polar surface area (TPSA) is 0 Å². The van der Waals surface area contributed by atoms with Crippen LogP contribution >= 0.6 is 17.8 Å². The standard InChI is InChI=1S/C14H32P2/c1-4-7-10-12-14(15,11-8-5-2)16-13-9-6-3/h16H,4-13,15H2,1-3H3. The summed E-state index contributed by atoms with van der Waals surface area (Å²) in [6.07, 6.45) is 14.1. The van der Waals surface area contributed by atoms with Gasteiger partial charge in [0.2, 0.25) is 0 Å². The van der Waals surface area contributed by atoms with Crippen LogP contribution in [0.4, 0.5) is 0 Å². The lowest BCUT2D eigenvalue weighted by molar-refractivity contribution is 0.565. The Morgan fingerprint density at radius 1 is 0.812 bits per heavy atom. The van der Waals surface area contributed by atoms with E-state index in [1.807, 2.05) is 0 Å². The van der Waals surface area contributed by atoms with Crippen molar-refractivity contribution in [3.05, 3.63) is 0 Å². The summed E-state index contributed by atoms with van der Waals surface area (Å²) < 4.78 is 0. The quantitative estimate of drug-likeness (QED) is 0.326. The second kappa shape index (κ2) is 11.0. The number of hydrogen-bond donors (Lipinski definition) is 0. The number of hydrogen-bond acceptors (Lipinski definition) is 0. The average Bonchev–Trinajstić information content (AvgIpc) is 2.27. The van der Waals surface area contributed by atoms with Crippen molar-refractivity contribution in [1.29, 1.82) is 0 Å². The highest BCUT2D eigenvalue weighted by atomic mass is 31.1. The first kappa shape index (κ1) is 16.9. The maximum Gasteiger partial charge on any atom is 0.00214 e. The summed E-state index contributed by atoms with van der Waals surface area (Å²) in [4.78, 5) is 0.598. The maximum absolute atomic E-state index is 3.22. The Morgan fingerprint density at radius 3 is 1.94 bits per heavy atom. The summed E-state index contributed by atoms with van der Waals surface area (Å²) in [5.74, 6) is 0. The lowest BCUT2D eigenvalue weighted by Gasteiger charge is -2.30. The van der Waals surface area contributed by atoms with Gasteiger partial charge in [-0.05, 0) is 25.4 Å². The SMILES string of the molecule is CCCCCC(P)(CCCC)PCCCC. The molecular weight excluding hydrogens is 230 g/mol. The molecule has 2 heteroatoms. The molecule has 0 fully saturated rings. The largest absolute Gasteiger partial charge is 0.127 e. The predicted molar refractivity (Wildman–Crippen MR) is 84.2 cm³/mol. The molecule has 0 N–H and O–H groups in total. The summed E-state index contributed by atoms with van der Waals surface area (Å²) in [6.45, 7) is 6.92. The molecule has 0 heterocycles. The van der Waals surface area contributed by atoms with Crippen LogP contribution in [0.1, 0.15) is 78.6 Å². The molecule has 0 nitrogen and oxygen atoms in total. The zero-order chi connectivity index (χ0) is 12.3. The van der Waals surface area contributed by atoms with Crippen LogP contribution in [0.2, 0.25) is 0 Å². The van der Waals surface area contributed by atoms with E-state index in [1.54, 1.807) is 0 Å². The highest BCUT2D eigenvalue weighted by Crippen LogP contribution is 2.46. The number of rotatable bonds is 11. The van der Waals surface area contributed by atoms with Gasteiger partial charge in [-0.3, -0.25) is 0 Å². The first-order valence-electron chi connectivity index (χ1n) is 7.22. The van der Waals surface area contributed by atoms with Crippen molar-refractivity contribution >= 4 is 17.8 Å². The number of unbranched alkanes of at least 4 members (excludes halogenated alkanes) is 4. The fraction of sp³-hybridized carbons (Fsp3) is 1.00. The zero-order valence-electron chi connectivity index (χ0n) is 11.6. The van der Waals surface area contributed by atoms with Gasteiger partial charge in [0.25, 0.3) is 0 Å². The van der Waals surface area contributed by atoms with E-state index in [-0.39, 0.29) is 0 Å². The van der Waals surface area contributed by atoms with E-state index in [4.69, 9.17) is 0 Å². The maximum atomic E-state index is 3.22. The normalized spacial score (nSPS) is 15.8. The third-order valence-corrected chi connectivity index (χ3v) is 6.21. The van der Waals surface area contributed by atoms with Crippen LogP contribution in [0, 0.1) is 0 Å². The van der Waals surface area contributed by atoms with E-state index in [2.05, 4.69) is 30.0 Å². The van der Waals surface area contributed by atoms with Crippen LogP contribution in [-0.2, 0) is 0 Å². The minimum atomic E-state index is 0.598. The van der Waals surface area contributed by atoms with Crippen LogP contribution in [0.15, 0.2) is 0 Å². The fourth-order valence-corrected chi connectivity index (χ4v) is 4.58. The monoisotopic (exact) mass is 262 g/mol. The van der Waals surface area contributed by atoms with Gasteiger partial charge in [-0.1, -0.05) is 59.3 Å². The minimum absolute atomic E-state index is 0.598. The van der Waals surface area contributed by atoms with Gasteiger partial charge in [-0.25, -0.2) is 0 Å². The fourth-order valence-electron chi connectivity index (χ4n) is 2.00. The summed E-state index contributed by atoms with van der Waals surface area (Å²) in [7, 11) is 4.39. The zero-order valence-corrected chi connectivity index (χ0v) is 13.8. The molecule has 0 rings (SSSR count). The second-order valence-electron chi connectivity index (χ2n) is 5.00. The van der Waals surface area contributed by atoms with Gasteiger partial charge in [0.05, 0.1) is 0 Å². The first-order valence-corrected chi connectivity index (χ1v) is 9.01. The highest BCUT2D eigenvalue weighted by Gasteiger charge is 2.22. The van der Waals surface area contributed by atoms with Gasteiger partial charge >= 0.3 is 0 Å². The molecule has 16 heavy (non-hydrogen) atoms. The summed E-state index contributed by atoms with van der Waals surface area (Å²) in [5.41, 5.74) is 0. The van der Waals surface area contributed by atoms with E-state index < -0.39 is 0 Å². The molecule has 3 atom stereocenters. The van der Waals surface area contributed by atoms with E-state index in [0.29, 0.717) is 4.90 Å². The van der Waals surface area contributed by atoms with E-state index >= 15 is 0 Å². The third-order valence-electron chi connectivity index (χ3n) is 3.21. The van der Waals surface area contributed by atoms with Gasteiger partial charge in [0.1, 0.15) is 0 Å². The Morgan fingerprint density at radius 2 is 1.38 bits per heavy atom. The molecule has 0 amide bonds. The molecule has 0 saturated heterocycles. The smallest absolute Gasteiger partial charge is 0.00214 e. The van der Waals surface area contributed by atoms with Crippen LogP contribution in [0.25, 0.3) is 0 Å². The van der Waals surface area contributed by atoms with Crippen molar-refractivity contribution in [2.75, 3.05) is 6.16 Å². The Labute approximate surface area is 108 Å². The summed E-state index contributed by atoms with van der Waals surface area (Å²) >= 11 is 0. The van der Waals surface area contributed by atoms with Crippen LogP contribution in [0.3, 0.4) is 0 Å². The molecule has 0 aliphatic carbocycles. The van der Waals surface area contributed by atoms with Crippen LogP contribution in [-0.4, -0.2) is 11.1 Å². The molecule has 98 valence electrons. The molecular formula is C14H32P2. The average molecular weight is 262 g/mol. The Hall–Kier alpha value is 0.860. The molecule has 0 saturated carbocycles. The highest BCUT2D eigenvalue weighted by molar-refractivity contribution is 7.51. The minimum Gasteiger partial charge on any atom is -0.127 e. The first-order chi connectivity index (χ1) is 7.68. The molecule has 0 aromatic carbocycles. The summed E-state index contributed by atoms with van der Waals surface area (Å²) in [6, 6.07) is 0. The predicted octanol–water partition coefficient (Wildman–Crippen LogP) is 5.81. The van der Waals surface area contributed by atoms with Crippen molar-refractivity contribution in [3.8, 4) is 0 Å². The Balaban J connectivity index is 3.91. The Bertz CT molecular complexity index is 136. The van der Waals surface area contributed by atoms with Gasteiger partial charge in [-0.15, -0.1) is 17.8 Å². The molecule has 0 bridgehead atoms. The summed E-state index contributed by atoms with van der Waals surface area (Å²) in [5, 5.41) is 0. The van der Waals surface area contributed by atoms with Crippen molar-refractivity contribution in [3.63, 3.8) is 0 Å². The van der Waals surface area contributed by atoms with E-state index in [0.717, 1.165) is 0 Å². The molecule has 0 aromatic rings. The van der Waals surface area contributed by atoms with Gasteiger partial charge in [-0.2, -0.15) is 0 Å². The van der Waals surface area contributed by atoms with Gasteiger partial charge in [0, 0.05) is 4.90 Å². The van der Waals surface area contributed by atoms with Crippen molar-refractivity contribution in [2.24, 2.45) is 0 Å². The van der Waals surface area contributed by atoms with E-state index in [9.17, 15) is 0 Å². The molecule has 0 spiro atoms. The van der Waals surface area contributed by atoms with Crippen LogP contribution < -0.4 is 0 Å². The van der Waals surface area contributed by atoms with Gasteiger partial charge in [0.15, 0.2) is 0 Å².